The van der Waals surface area contributed by atoms with E-state index in [9.17, 15) is 0 Å². The molecule has 1 N–H and O–H groups in total. The molecule has 1 saturated heterocycles. The second-order valence-electron chi connectivity index (χ2n) is 2.53. The molecule has 2 rings (SSSR count). The second-order valence-corrected chi connectivity index (χ2v) is 4.97. The van der Waals surface area contributed by atoms with Crippen LogP contribution in [0.3, 0.4) is 0 Å². The first-order chi connectivity index (χ1) is 5.45. The summed E-state index contributed by atoms with van der Waals surface area (Å²) in [6.07, 6.45) is 3.15. The smallest absolute Gasteiger partial charge is 0.150 e. The van der Waals surface area contributed by atoms with Crippen molar-refractivity contribution in [2.45, 2.75) is 16.0 Å². The van der Waals surface area contributed by atoms with Crippen molar-refractivity contribution in [3.63, 3.8) is 0 Å². The van der Waals surface area contributed by atoms with Gasteiger partial charge in [0, 0.05) is 23.4 Å². The Morgan fingerprint density at radius 2 is 2.73 bits per heavy atom. The number of hydrogen-bond donors (Lipinski definition) is 1. The van der Waals surface area contributed by atoms with E-state index in [4.69, 9.17) is 0 Å². The molecule has 1 aliphatic rings. The topological polar surface area (TPSA) is 24.9 Å². The van der Waals surface area contributed by atoms with Crippen molar-refractivity contribution in [3.8, 4) is 0 Å². The highest BCUT2D eigenvalue weighted by molar-refractivity contribution is 8.01. The monoisotopic (exact) mass is 186 g/mol. The third-order valence-electron chi connectivity index (χ3n) is 1.69. The average molecular weight is 186 g/mol. The molecule has 2 nitrogen and oxygen atoms in total. The molecule has 0 amide bonds. The van der Waals surface area contributed by atoms with Crippen LogP contribution in [0, 0.1) is 0 Å². The summed E-state index contributed by atoms with van der Waals surface area (Å²) in [6.45, 7) is 2.31. The van der Waals surface area contributed by atoms with Gasteiger partial charge in [-0.25, -0.2) is 4.98 Å². The lowest BCUT2D eigenvalue weighted by atomic mass is 10.4. The van der Waals surface area contributed by atoms with Gasteiger partial charge in [-0.3, -0.25) is 0 Å². The van der Waals surface area contributed by atoms with Gasteiger partial charge in [0.25, 0.3) is 0 Å². The first-order valence-electron chi connectivity index (χ1n) is 3.72. The summed E-state index contributed by atoms with van der Waals surface area (Å²) < 4.78 is 1.21. The van der Waals surface area contributed by atoms with Gasteiger partial charge in [-0.2, -0.15) is 0 Å². The first kappa shape index (κ1) is 7.58. The highest BCUT2D eigenvalue weighted by atomic mass is 32.2. The van der Waals surface area contributed by atoms with Gasteiger partial charge in [-0.1, -0.05) is 11.8 Å². The Balaban J connectivity index is 1.90. The Morgan fingerprint density at radius 3 is 3.36 bits per heavy atom. The van der Waals surface area contributed by atoms with Gasteiger partial charge in [0.1, 0.15) is 4.34 Å². The Bertz CT molecular complexity index is 204. The molecule has 0 spiro atoms. The predicted octanol–water partition coefficient (Wildman–Crippen LogP) is 1.60. The Morgan fingerprint density at radius 1 is 1.73 bits per heavy atom. The lowest BCUT2D eigenvalue weighted by Gasteiger charge is -2.02. The summed E-state index contributed by atoms with van der Waals surface area (Å²) >= 11 is 3.64. The van der Waals surface area contributed by atoms with Gasteiger partial charge in [-0.15, -0.1) is 11.3 Å². The Hall–Kier alpha value is -0.0600. The Kier molecular flexibility index (Phi) is 2.45. The van der Waals surface area contributed by atoms with Crippen LogP contribution in [0.4, 0.5) is 0 Å². The highest BCUT2D eigenvalue weighted by Gasteiger charge is 2.16. The van der Waals surface area contributed by atoms with Gasteiger partial charge < -0.3 is 5.32 Å². The molecule has 0 bridgehead atoms. The molecule has 1 aromatic rings. The summed E-state index contributed by atoms with van der Waals surface area (Å²) in [5.74, 6) is 0. The molecule has 0 unspecified atom stereocenters. The number of nitrogens with zero attached hydrogens (tertiary/aromatic N) is 1. The van der Waals surface area contributed by atoms with Crippen molar-refractivity contribution in [2.24, 2.45) is 0 Å². The van der Waals surface area contributed by atoms with Gasteiger partial charge >= 0.3 is 0 Å². The van der Waals surface area contributed by atoms with Gasteiger partial charge in [0.05, 0.1) is 0 Å². The van der Waals surface area contributed by atoms with Crippen LogP contribution in [0.25, 0.3) is 0 Å². The summed E-state index contributed by atoms with van der Waals surface area (Å²) in [5.41, 5.74) is 0. The molecule has 0 aliphatic carbocycles. The normalized spacial score (nSPS) is 24.2. The lowest BCUT2D eigenvalue weighted by molar-refractivity contribution is 0.858. The van der Waals surface area contributed by atoms with Gasteiger partial charge in [0.15, 0.2) is 0 Å². The summed E-state index contributed by atoms with van der Waals surface area (Å²) in [6, 6.07) is 0. The molecule has 60 valence electrons. The number of thiazole rings is 1. The molecular weight excluding hydrogens is 176 g/mol. The second kappa shape index (κ2) is 3.56. The van der Waals surface area contributed by atoms with Crippen LogP contribution >= 0.6 is 23.1 Å². The molecule has 11 heavy (non-hydrogen) atoms. The maximum absolute atomic E-state index is 4.23. The zero-order valence-corrected chi connectivity index (χ0v) is 7.75. The molecule has 1 aromatic heterocycles. The minimum absolute atomic E-state index is 0.751. The maximum atomic E-state index is 4.23. The molecule has 0 saturated carbocycles. The molecule has 2 heterocycles. The summed E-state index contributed by atoms with van der Waals surface area (Å²) in [5, 5.41) is 6.12. The largest absolute Gasteiger partial charge is 0.316 e. The van der Waals surface area contributed by atoms with Crippen LogP contribution in [-0.4, -0.2) is 23.3 Å². The quantitative estimate of drug-likeness (QED) is 0.759. The molecule has 0 aromatic carbocycles. The zero-order chi connectivity index (χ0) is 7.52. The van der Waals surface area contributed by atoms with E-state index in [1.54, 1.807) is 11.3 Å². The number of thioether (sulfide) groups is 1. The van der Waals surface area contributed by atoms with Crippen LogP contribution in [-0.2, 0) is 0 Å². The van der Waals surface area contributed by atoms with Gasteiger partial charge in [-0.05, 0) is 13.0 Å². The van der Waals surface area contributed by atoms with E-state index in [0.29, 0.717) is 0 Å². The molecule has 4 heteroatoms. The van der Waals surface area contributed by atoms with Crippen LogP contribution in [0.15, 0.2) is 15.9 Å². The van der Waals surface area contributed by atoms with Crippen LogP contribution in [0.2, 0.25) is 0 Å². The van der Waals surface area contributed by atoms with E-state index in [1.807, 2.05) is 23.3 Å². The van der Waals surface area contributed by atoms with Crippen molar-refractivity contribution in [3.05, 3.63) is 11.6 Å². The molecule has 0 radical (unpaired) electrons. The number of aromatic nitrogens is 1. The zero-order valence-electron chi connectivity index (χ0n) is 6.12. The lowest BCUT2D eigenvalue weighted by Crippen LogP contribution is -2.09. The summed E-state index contributed by atoms with van der Waals surface area (Å²) in [7, 11) is 0. The van der Waals surface area contributed by atoms with Crippen molar-refractivity contribution >= 4 is 23.1 Å². The number of nitrogens with one attached hydrogen (secondary N) is 1. The van der Waals surface area contributed by atoms with Crippen LogP contribution in [0.5, 0.6) is 0 Å². The van der Waals surface area contributed by atoms with Crippen molar-refractivity contribution in [1.82, 2.24) is 10.3 Å². The van der Waals surface area contributed by atoms with E-state index < -0.39 is 0 Å². The fourth-order valence-corrected chi connectivity index (χ4v) is 3.14. The van der Waals surface area contributed by atoms with Crippen molar-refractivity contribution < 1.29 is 0 Å². The third-order valence-corrected chi connectivity index (χ3v) is 3.88. The maximum Gasteiger partial charge on any atom is 0.150 e. The van der Waals surface area contributed by atoms with Crippen LogP contribution < -0.4 is 5.32 Å². The molecular formula is C7H10N2S2. The number of hydrogen-bond acceptors (Lipinski definition) is 4. The minimum Gasteiger partial charge on any atom is -0.316 e. The standard InChI is InChI=1S/C7H10N2S2/c1-2-8-5-6(1)11-7-9-3-4-10-7/h3-4,6,8H,1-2,5H2/t6-/m0/s1. The highest BCUT2D eigenvalue weighted by Crippen LogP contribution is 2.27. The summed E-state index contributed by atoms with van der Waals surface area (Å²) in [4.78, 5) is 4.23. The average Bonchev–Trinajstić information content (AvgIpc) is 2.60. The van der Waals surface area contributed by atoms with E-state index in [0.717, 1.165) is 11.8 Å². The SMILES string of the molecule is c1csc(S[C@H]2CCNC2)n1. The molecule has 1 fully saturated rings. The van der Waals surface area contributed by atoms with Crippen LogP contribution in [0.1, 0.15) is 6.42 Å². The molecule has 1 atom stereocenters. The first-order valence-corrected chi connectivity index (χ1v) is 5.48. The van der Waals surface area contributed by atoms with E-state index in [1.165, 1.54) is 17.3 Å². The van der Waals surface area contributed by atoms with E-state index in [2.05, 4.69) is 10.3 Å². The van der Waals surface area contributed by atoms with Gasteiger partial charge in [0.2, 0.25) is 0 Å². The minimum atomic E-state index is 0.751. The third kappa shape index (κ3) is 1.95. The fourth-order valence-electron chi connectivity index (χ4n) is 1.14. The predicted molar refractivity (Wildman–Crippen MR) is 49.2 cm³/mol. The molecule has 1 aliphatic heterocycles. The van der Waals surface area contributed by atoms with E-state index >= 15 is 0 Å². The fraction of sp³-hybridized carbons (Fsp3) is 0.571. The Labute approximate surface area is 74.4 Å². The van der Waals surface area contributed by atoms with Crippen molar-refractivity contribution in [2.75, 3.05) is 13.1 Å². The van der Waals surface area contributed by atoms with Crippen molar-refractivity contribution in [1.29, 1.82) is 0 Å². The number of rotatable bonds is 2. The van der Waals surface area contributed by atoms with E-state index in [-0.39, 0.29) is 0 Å².